The Bertz CT molecular complexity index is 1070. The van der Waals surface area contributed by atoms with Crippen molar-refractivity contribution >= 4 is 39.6 Å². The molecule has 3 heterocycles. The molecule has 4 rings (SSSR count). The number of carbonyl (C=O) groups excluding carboxylic acids is 2. The van der Waals surface area contributed by atoms with Crippen LogP contribution in [0.4, 0.5) is 5.13 Å². The molecule has 2 aromatic heterocycles. The molecule has 2 N–H and O–H groups in total. The van der Waals surface area contributed by atoms with Gasteiger partial charge >= 0.3 is 0 Å². The zero-order valence-corrected chi connectivity index (χ0v) is 21.4. The highest BCUT2D eigenvalue weighted by Gasteiger charge is 2.21. The van der Waals surface area contributed by atoms with E-state index in [1.807, 2.05) is 22.9 Å². The van der Waals surface area contributed by atoms with Crippen LogP contribution in [0.5, 0.6) is 0 Å². The summed E-state index contributed by atoms with van der Waals surface area (Å²) in [5, 5.41) is 10.1. The zero-order chi connectivity index (χ0) is 23.9. The fraction of sp³-hybridized carbons (Fsp3) is 0.423. The van der Waals surface area contributed by atoms with Crippen molar-refractivity contribution in [3.8, 4) is 0 Å². The van der Waals surface area contributed by atoms with Crippen LogP contribution in [0.15, 0.2) is 47.2 Å². The van der Waals surface area contributed by atoms with Gasteiger partial charge in [0.05, 0.1) is 18.5 Å². The summed E-state index contributed by atoms with van der Waals surface area (Å²) in [5.41, 5.74) is 3.05. The Morgan fingerprint density at radius 1 is 1.00 bits per heavy atom. The second kappa shape index (κ2) is 11.7. The van der Waals surface area contributed by atoms with E-state index >= 15 is 0 Å². The summed E-state index contributed by atoms with van der Waals surface area (Å²) in [6.07, 6.45) is 1.85. The number of amides is 2. The molecular formula is C26H32N4O2S2. The molecule has 1 aliphatic heterocycles. The maximum Gasteiger partial charge on any atom is 0.231 e. The molecule has 1 fully saturated rings. The van der Waals surface area contributed by atoms with Crippen LogP contribution in [0, 0.1) is 11.8 Å². The third kappa shape index (κ3) is 7.48. The normalized spacial score (nSPS) is 18.5. The average molecular weight is 497 g/mol. The van der Waals surface area contributed by atoms with E-state index in [-0.39, 0.29) is 18.2 Å². The summed E-state index contributed by atoms with van der Waals surface area (Å²) in [5.74, 6) is 1.34. The molecule has 6 nitrogen and oxygen atoms in total. The van der Waals surface area contributed by atoms with Crippen LogP contribution in [0.1, 0.15) is 42.0 Å². The number of piperidine rings is 1. The summed E-state index contributed by atoms with van der Waals surface area (Å²) in [7, 11) is 0. The average Bonchev–Trinajstić information content (AvgIpc) is 3.44. The molecule has 2 atom stereocenters. The fourth-order valence-electron chi connectivity index (χ4n) is 4.55. The highest BCUT2D eigenvalue weighted by Crippen LogP contribution is 2.22. The first kappa shape index (κ1) is 24.6. The largest absolute Gasteiger partial charge is 0.352 e. The second-order valence-corrected chi connectivity index (χ2v) is 11.2. The van der Waals surface area contributed by atoms with Crippen molar-refractivity contribution in [2.24, 2.45) is 11.8 Å². The van der Waals surface area contributed by atoms with E-state index in [4.69, 9.17) is 0 Å². The van der Waals surface area contributed by atoms with E-state index < -0.39 is 0 Å². The van der Waals surface area contributed by atoms with Gasteiger partial charge in [-0.25, -0.2) is 4.98 Å². The zero-order valence-electron chi connectivity index (χ0n) is 19.8. The molecule has 1 saturated heterocycles. The van der Waals surface area contributed by atoms with Crippen LogP contribution in [0.25, 0.3) is 0 Å². The Morgan fingerprint density at radius 3 is 2.44 bits per heavy atom. The Kier molecular flexibility index (Phi) is 8.48. The van der Waals surface area contributed by atoms with E-state index in [2.05, 4.69) is 58.6 Å². The molecule has 34 heavy (non-hydrogen) atoms. The molecule has 180 valence electrons. The molecule has 1 aromatic carbocycles. The van der Waals surface area contributed by atoms with Crippen molar-refractivity contribution in [2.75, 3.05) is 18.4 Å². The fourth-order valence-corrected chi connectivity index (χ4v) is 5.98. The van der Waals surface area contributed by atoms with E-state index in [1.54, 1.807) is 11.3 Å². The molecule has 0 radical (unpaired) electrons. The number of rotatable bonds is 9. The molecule has 2 amide bonds. The van der Waals surface area contributed by atoms with Gasteiger partial charge in [0.15, 0.2) is 5.13 Å². The molecule has 0 saturated carbocycles. The van der Waals surface area contributed by atoms with Crippen LogP contribution < -0.4 is 10.6 Å². The number of likely N-dealkylation sites (tertiary alicyclic amines) is 1. The van der Waals surface area contributed by atoms with Crippen molar-refractivity contribution < 1.29 is 9.59 Å². The van der Waals surface area contributed by atoms with Gasteiger partial charge in [-0.3, -0.25) is 14.5 Å². The molecule has 0 bridgehead atoms. The number of nitrogens with zero attached hydrogens (tertiary/aromatic N) is 2. The van der Waals surface area contributed by atoms with E-state index in [9.17, 15) is 9.59 Å². The quantitative estimate of drug-likeness (QED) is 0.449. The first-order valence-corrected chi connectivity index (χ1v) is 13.5. The first-order valence-electron chi connectivity index (χ1n) is 11.8. The molecule has 2 unspecified atom stereocenters. The number of hydrogen-bond acceptors (Lipinski definition) is 6. The van der Waals surface area contributed by atoms with Crippen molar-refractivity contribution in [1.82, 2.24) is 15.2 Å². The highest BCUT2D eigenvalue weighted by molar-refractivity contribution is 7.14. The second-order valence-electron chi connectivity index (χ2n) is 9.36. The van der Waals surface area contributed by atoms with Crippen LogP contribution in [0.3, 0.4) is 0 Å². The number of aromatic nitrogens is 1. The van der Waals surface area contributed by atoms with Gasteiger partial charge in [-0.15, -0.1) is 22.7 Å². The lowest BCUT2D eigenvalue weighted by atomic mass is 9.91. The van der Waals surface area contributed by atoms with Gasteiger partial charge in [0.25, 0.3) is 0 Å². The number of nitrogens with one attached hydrogen (secondary N) is 2. The minimum absolute atomic E-state index is 0.0814. The third-order valence-electron chi connectivity index (χ3n) is 5.92. The van der Waals surface area contributed by atoms with Gasteiger partial charge in [-0.05, 0) is 40.8 Å². The van der Waals surface area contributed by atoms with Crippen molar-refractivity contribution in [3.05, 3.63) is 68.9 Å². The molecular weight excluding hydrogens is 464 g/mol. The van der Waals surface area contributed by atoms with Crippen molar-refractivity contribution in [3.63, 3.8) is 0 Å². The van der Waals surface area contributed by atoms with Gasteiger partial charge in [0, 0.05) is 36.4 Å². The number of thiophene rings is 1. The molecule has 0 aliphatic carbocycles. The third-order valence-corrected chi connectivity index (χ3v) is 7.60. The van der Waals surface area contributed by atoms with Gasteiger partial charge in [-0.2, -0.15) is 0 Å². The summed E-state index contributed by atoms with van der Waals surface area (Å²) >= 11 is 2.89. The van der Waals surface area contributed by atoms with Crippen LogP contribution in [-0.2, 0) is 35.5 Å². The SMILES string of the molecule is CC1CC(C)CN(Cc2ccc(CNC(=O)Cc3csc(NC(=O)Cc4cccs4)n3)cc2)C1. The van der Waals surface area contributed by atoms with Crippen LogP contribution in [-0.4, -0.2) is 34.8 Å². The van der Waals surface area contributed by atoms with E-state index in [0.29, 0.717) is 23.8 Å². The number of hydrogen-bond donors (Lipinski definition) is 2. The summed E-state index contributed by atoms with van der Waals surface area (Å²) in [6, 6.07) is 12.4. The highest BCUT2D eigenvalue weighted by atomic mass is 32.1. The van der Waals surface area contributed by atoms with E-state index in [0.717, 1.165) is 28.8 Å². The maximum atomic E-state index is 12.4. The molecule has 1 aliphatic rings. The van der Waals surface area contributed by atoms with Crippen LogP contribution in [0.2, 0.25) is 0 Å². The maximum absolute atomic E-state index is 12.4. The Balaban J connectivity index is 1.19. The van der Waals surface area contributed by atoms with Gasteiger partial charge in [0.1, 0.15) is 0 Å². The first-order chi connectivity index (χ1) is 16.4. The molecule has 3 aromatic rings. The minimum atomic E-state index is -0.0967. The molecule has 8 heteroatoms. The van der Waals surface area contributed by atoms with Gasteiger partial charge in [-0.1, -0.05) is 44.2 Å². The van der Waals surface area contributed by atoms with Crippen molar-refractivity contribution in [2.45, 2.75) is 46.2 Å². The number of anilines is 1. The van der Waals surface area contributed by atoms with Crippen molar-refractivity contribution in [1.29, 1.82) is 0 Å². The van der Waals surface area contributed by atoms with E-state index in [1.165, 1.54) is 36.4 Å². The monoisotopic (exact) mass is 496 g/mol. The topological polar surface area (TPSA) is 74.3 Å². The number of carbonyl (C=O) groups is 2. The molecule has 0 spiro atoms. The lowest BCUT2D eigenvalue weighted by Crippen LogP contribution is -2.38. The Hall–Kier alpha value is -2.55. The predicted octanol–water partition coefficient (Wildman–Crippen LogP) is 4.72. The summed E-state index contributed by atoms with van der Waals surface area (Å²) in [4.78, 5) is 32.4. The summed E-state index contributed by atoms with van der Waals surface area (Å²) in [6.45, 7) is 8.48. The smallest absolute Gasteiger partial charge is 0.231 e. The predicted molar refractivity (Wildman–Crippen MR) is 139 cm³/mol. The number of benzene rings is 1. The Labute approximate surface area is 209 Å². The lowest BCUT2D eigenvalue weighted by Gasteiger charge is -2.35. The van der Waals surface area contributed by atoms with Gasteiger partial charge < -0.3 is 10.6 Å². The Morgan fingerprint density at radius 2 is 1.74 bits per heavy atom. The summed E-state index contributed by atoms with van der Waals surface area (Å²) < 4.78 is 0. The number of thiazole rings is 1. The standard InChI is InChI=1S/C26H32N4O2S2/c1-18-10-19(2)15-30(14-18)16-21-7-5-20(6-8-21)13-27-24(31)11-22-17-34-26(28-22)29-25(32)12-23-4-3-9-33-23/h3-9,17-19H,10-16H2,1-2H3,(H,27,31)(H,28,29,32). The lowest BCUT2D eigenvalue weighted by molar-refractivity contribution is -0.120. The van der Waals surface area contributed by atoms with Gasteiger partial charge in [0.2, 0.25) is 11.8 Å². The van der Waals surface area contributed by atoms with Crippen LogP contribution >= 0.6 is 22.7 Å². The minimum Gasteiger partial charge on any atom is -0.352 e.